The first-order valence-corrected chi connectivity index (χ1v) is 6.40. The van der Waals surface area contributed by atoms with E-state index in [2.05, 4.69) is 24.5 Å². The van der Waals surface area contributed by atoms with E-state index in [9.17, 15) is 0 Å². The van der Waals surface area contributed by atoms with Crippen LogP contribution in [0.5, 0.6) is 5.75 Å². The molecule has 0 fully saturated rings. The Balaban J connectivity index is 2.69. The molecule has 0 heterocycles. The summed E-state index contributed by atoms with van der Waals surface area (Å²) in [5.74, 6) is 6.95. The normalized spacial score (nSPS) is 14.2. The van der Waals surface area contributed by atoms with Gasteiger partial charge in [-0.2, -0.15) is 0 Å². The number of methoxy groups -OCH3 is 1. The Morgan fingerprint density at radius 3 is 2.44 bits per heavy atom. The Morgan fingerprint density at radius 2 is 1.94 bits per heavy atom. The van der Waals surface area contributed by atoms with Gasteiger partial charge in [0.15, 0.2) is 0 Å². The van der Waals surface area contributed by atoms with Crippen molar-refractivity contribution in [2.24, 2.45) is 11.8 Å². The van der Waals surface area contributed by atoms with E-state index in [1.807, 2.05) is 19.1 Å². The zero-order valence-corrected chi connectivity index (χ0v) is 11.5. The monoisotopic (exact) mass is 252 g/mol. The van der Waals surface area contributed by atoms with Crippen molar-refractivity contribution >= 4 is 0 Å². The lowest BCUT2D eigenvalue weighted by atomic mass is 9.92. The molecule has 0 bridgehead atoms. The molecule has 0 amide bonds. The maximum atomic E-state index is 5.65. The van der Waals surface area contributed by atoms with Gasteiger partial charge < -0.3 is 9.47 Å². The van der Waals surface area contributed by atoms with Gasteiger partial charge >= 0.3 is 0 Å². The molecular formula is C14H24N2O2. The van der Waals surface area contributed by atoms with Crippen molar-refractivity contribution < 1.29 is 9.47 Å². The third-order valence-electron chi connectivity index (χ3n) is 3.08. The average Bonchev–Trinajstić information content (AvgIpc) is 2.39. The number of nitrogens with two attached hydrogens (primary N) is 1. The molecule has 2 atom stereocenters. The molecule has 18 heavy (non-hydrogen) atoms. The molecule has 1 aromatic carbocycles. The Morgan fingerprint density at radius 1 is 1.28 bits per heavy atom. The highest BCUT2D eigenvalue weighted by Gasteiger charge is 2.17. The molecule has 0 spiro atoms. The number of hydrogen-bond donors (Lipinski definition) is 2. The second kappa shape index (κ2) is 8.08. The summed E-state index contributed by atoms with van der Waals surface area (Å²) >= 11 is 0. The number of benzene rings is 1. The van der Waals surface area contributed by atoms with Crippen LogP contribution in [0.15, 0.2) is 24.3 Å². The van der Waals surface area contributed by atoms with Gasteiger partial charge in [-0.1, -0.05) is 19.1 Å². The third kappa shape index (κ3) is 4.29. The van der Waals surface area contributed by atoms with Crippen molar-refractivity contribution in [1.29, 1.82) is 0 Å². The Kier molecular flexibility index (Phi) is 6.72. The molecular weight excluding hydrogens is 228 g/mol. The van der Waals surface area contributed by atoms with Crippen molar-refractivity contribution in [3.63, 3.8) is 0 Å². The molecule has 2 unspecified atom stereocenters. The predicted molar refractivity (Wildman–Crippen MR) is 73.3 cm³/mol. The average molecular weight is 252 g/mol. The van der Waals surface area contributed by atoms with Gasteiger partial charge in [-0.3, -0.25) is 11.3 Å². The number of ether oxygens (including phenoxy) is 2. The fourth-order valence-electron chi connectivity index (χ4n) is 2.00. The van der Waals surface area contributed by atoms with Gasteiger partial charge in [0.25, 0.3) is 0 Å². The van der Waals surface area contributed by atoms with Crippen LogP contribution in [0.25, 0.3) is 0 Å². The summed E-state index contributed by atoms with van der Waals surface area (Å²) in [6.45, 7) is 5.57. The Labute approximate surface area is 109 Å². The zero-order chi connectivity index (χ0) is 13.4. The molecule has 3 N–H and O–H groups in total. The van der Waals surface area contributed by atoms with Crippen molar-refractivity contribution in [3.8, 4) is 5.75 Å². The molecule has 0 aliphatic rings. The van der Waals surface area contributed by atoms with Gasteiger partial charge in [-0.05, 0) is 37.0 Å². The van der Waals surface area contributed by atoms with E-state index in [-0.39, 0.29) is 6.04 Å². The lowest BCUT2D eigenvalue weighted by Crippen LogP contribution is -2.33. The molecule has 102 valence electrons. The van der Waals surface area contributed by atoms with E-state index in [0.29, 0.717) is 12.5 Å². The summed E-state index contributed by atoms with van der Waals surface area (Å²) in [5.41, 5.74) is 4.05. The number of nitrogens with one attached hydrogen (secondary N) is 1. The van der Waals surface area contributed by atoms with Crippen LogP contribution >= 0.6 is 0 Å². The van der Waals surface area contributed by atoms with Crippen molar-refractivity contribution in [1.82, 2.24) is 5.43 Å². The Hall–Kier alpha value is -1.10. The molecule has 1 aromatic rings. The maximum absolute atomic E-state index is 5.65. The van der Waals surface area contributed by atoms with E-state index < -0.39 is 0 Å². The van der Waals surface area contributed by atoms with Gasteiger partial charge in [-0.25, -0.2) is 0 Å². The van der Waals surface area contributed by atoms with Gasteiger partial charge in [0, 0.05) is 19.8 Å². The van der Waals surface area contributed by atoms with E-state index in [0.717, 1.165) is 18.8 Å². The standard InChI is InChI=1S/C14H24N2O2/c1-4-18-13-7-5-12(6-8-13)14(16-15)11(2)9-10-17-3/h5-8,11,14,16H,4,9-10,15H2,1-3H3. The first-order valence-electron chi connectivity index (χ1n) is 6.40. The van der Waals surface area contributed by atoms with Crippen LogP contribution in [0.2, 0.25) is 0 Å². The summed E-state index contributed by atoms with van der Waals surface area (Å²) in [7, 11) is 1.72. The van der Waals surface area contributed by atoms with E-state index >= 15 is 0 Å². The molecule has 0 aromatic heterocycles. The smallest absolute Gasteiger partial charge is 0.119 e. The summed E-state index contributed by atoms with van der Waals surface area (Å²) in [4.78, 5) is 0. The highest BCUT2D eigenvalue weighted by molar-refractivity contribution is 5.29. The highest BCUT2D eigenvalue weighted by Crippen LogP contribution is 2.25. The van der Waals surface area contributed by atoms with Crippen molar-refractivity contribution in [2.75, 3.05) is 20.3 Å². The van der Waals surface area contributed by atoms with Crippen molar-refractivity contribution in [3.05, 3.63) is 29.8 Å². The zero-order valence-electron chi connectivity index (χ0n) is 11.5. The molecule has 1 rings (SSSR count). The lowest BCUT2D eigenvalue weighted by Gasteiger charge is -2.23. The van der Waals surface area contributed by atoms with Crippen LogP contribution in [-0.2, 0) is 4.74 Å². The van der Waals surface area contributed by atoms with Crippen LogP contribution in [-0.4, -0.2) is 20.3 Å². The summed E-state index contributed by atoms with van der Waals surface area (Å²) in [5, 5.41) is 0. The summed E-state index contributed by atoms with van der Waals surface area (Å²) in [6.07, 6.45) is 0.971. The van der Waals surface area contributed by atoms with Gasteiger partial charge in [0.05, 0.1) is 6.61 Å². The SMILES string of the molecule is CCOc1ccc(C(NN)C(C)CCOC)cc1. The first kappa shape index (κ1) is 15.0. The minimum atomic E-state index is 0.135. The van der Waals surface area contributed by atoms with Crippen LogP contribution in [0.4, 0.5) is 0 Å². The fraction of sp³-hybridized carbons (Fsp3) is 0.571. The fourth-order valence-corrected chi connectivity index (χ4v) is 2.00. The lowest BCUT2D eigenvalue weighted by molar-refractivity contribution is 0.170. The van der Waals surface area contributed by atoms with Crippen LogP contribution in [0.1, 0.15) is 31.9 Å². The van der Waals surface area contributed by atoms with Crippen LogP contribution in [0.3, 0.4) is 0 Å². The third-order valence-corrected chi connectivity index (χ3v) is 3.08. The quantitative estimate of drug-likeness (QED) is 0.550. The second-order valence-electron chi connectivity index (χ2n) is 4.41. The van der Waals surface area contributed by atoms with E-state index in [1.54, 1.807) is 7.11 Å². The van der Waals surface area contributed by atoms with Crippen molar-refractivity contribution in [2.45, 2.75) is 26.3 Å². The van der Waals surface area contributed by atoms with Gasteiger partial charge in [0.2, 0.25) is 0 Å². The van der Waals surface area contributed by atoms with Gasteiger partial charge in [0.1, 0.15) is 5.75 Å². The van der Waals surface area contributed by atoms with E-state index in [4.69, 9.17) is 15.3 Å². The number of hydrazine groups is 1. The second-order valence-corrected chi connectivity index (χ2v) is 4.41. The molecule has 0 aliphatic heterocycles. The highest BCUT2D eigenvalue weighted by atomic mass is 16.5. The molecule has 0 radical (unpaired) electrons. The topological polar surface area (TPSA) is 56.5 Å². The summed E-state index contributed by atoms with van der Waals surface area (Å²) in [6, 6.07) is 8.20. The van der Waals surface area contributed by atoms with Crippen LogP contribution in [0, 0.1) is 5.92 Å². The Bertz CT molecular complexity index is 327. The minimum absolute atomic E-state index is 0.135. The predicted octanol–water partition coefficient (Wildman–Crippen LogP) is 2.26. The van der Waals surface area contributed by atoms with E-state index in [1.165, 1.54) is 5.56 Å². The molecule has 4 nitrogen and oxygen atoms in total. The number of hydrogen-bond acceptors (Lipinski definition) is 4. The minimum Gasteiger partial charge on any atom is -0.494 e. The summed E-state index contributed by atoms with van der Waals surface area (Å²) < 4.78 is 10.5. The maximum Gasteiger partial charge on any atom is 0.119 e. The largest absolute Gasteiger partial charge is 0.494 e. The van der Waals surface area contributed by atoms with Gasteiger partial charge in [-0.15, -0.1) is 0 Å². The van der Waals surface area contributed by atoms with Crippen LogP contribution < -0.4 is 16.0 Å². The number of rotatable bonds is 8. The first-order chi connectivity index (χ1) is 8.72. The molecule has 4 heteroatoms. The molecule has 0 aliphatic carbocycles. The molecule has 0 saturated heterocycles. The molecule has 0 saturated carbocycles.